The van der Waals surface area contributed by atoms with E-state index < -0.39 is 6.09 Å². The Morgan fingerprint density at radius 1 is 1.12 bits per heavy atom. The van der Waals surface area contributed by atoms with Crippen LogP contribution in [-0.2, 0) is 31.0 Å². The molecule has 1 aliphatic carbocycles. The third-order valence-electron chi connectivity index (χ3n) is 6.41. The van der Waals surface area contributed by atoms with Crippen molar-refractivity contribution in [3.8, 4) is 12.3 Å². The number of rotatable bonds is 15. The molecule has 0 bridgehead atoms. The van der Waals surface area contributed by atoms with Crippen LogP contribution < -0.4 is 10.6 Å². The summed E-state index contributed by atoms with van der Waals surface area (Å²) in [5.41, 5.74) is 0.928. The first-order valence-corrected chi connectivity index (χ1v) is 14.2. The van der Waals surface area contributed by atoms with Crippen LogP contribution in [-0.4, -0.2) is 83.3 Å². The fraction of sp³-hybridized carbons (Fsp3) is 0.655. The van der Waals surface area contributed by atoms with Crippen molar-refractivity contribution in [3.05, 3.63) is 29.7 Å². The van der Waals surface area contributed by atoms with Gasteiger partial charge in [-0.25, -0.2) is 9.48 Å². The minimum absolute atomic E-state index is 0.0210. The van der Waals surface area contributed by atoms with Crippen LogP contribution in [0.5, 0.6) is 0 Å². The van der Waals surface area contributed by atoms with Gasteiger partial charge in [0.25, 0.3) is 5.91 Å². The van der Waals surface area contributed by atoms with Crippen molar-refractivity contribution >= 4 is 17.8 Å². The number of amides is 2. The number of hydrogen-bond donors (Lipinski definition) is 2. The first-order valence-electron chi connectivity index (χ1n) is 14.2. The second-order valence-electron chi connectivity index (χ2n) is 11.2. The second-order valence-corrected chi connectivity index (χ2v) is 11.2. The zero-order valence-corrected chi connectivity index (χ0v) is 24.9. The zero-order chi connectivity index (χ0) is 29.8. The lowest BCUT2D eigenvalue weighted by molar-refractivity contribution is 0.0181. The number of alkyl carbamates (subject to hydrolysis) is 1. The molecule has 2 N–H and O–H groups in total. The van der Waals surface area contributed by atoms with Crippen LogP contribution in [0, 0.1) is 12.3 Å². The molecule has 2 heterocycles. The van der Waals surface area contributed by atoms with Crippen molar-refractivity contribution in [2.24, 2.45) is 0 Å². The Hall–Kier alpha value is -3.40. The molecule has 0 aliphatic heterocycles. The van der Waals surface area contributed by atoms with Crippen molar-refractivity contribution in [2.45, 2.75) is 84.0 Å². The Balaban J connectivity index is 1.54. The highest BCUT2D eigenvalue weighted by Crippen LogP contribution is 2.37. The monoisotopic (exact) mass is 572 g/mol. The summed E-state index contributed by atoms with van der Waals surface area (Å²) in [6, 6.07) is 3.62. The van der Waals surface area contributed by atoms with Crippen molar-refractivity contribution in [1.82, 2.24) is 24.9 Å². The molecule has 1 fully saturated rings. The SMILES string of the molecule is C#CCOCCOCCOCCn1nccc1C(=O)Nc1cc(C2CC[C@H](OC(=O)NC(C)C)C2)nn1C(C)(C)C. The number of aromatic nitrogens is 4. The maximum atomic E-state index is 13.3. The molecule has 2 aromatic heterocycles. The smallest absolute Gasteiger partial charge is 0.407 e. The van der Waals surface area contributed by atoms with Gasteiger partial charge in [-0.2, -0.15) is 10.2 Å². The highest BCUT2D eigenvalue weighted by molar-refractivity contribution is 6.02. The standard InChI is InChI=1S/C29H44N6O6/c1-7-13-38-15-17-40-18-16-39-14-12-34-25(10-11-30-34)27(36)32-26-20-24(33-35(26)29(4,5)6)22-8-9-23(19-22)41-28(37)31-21(2)3/h1,10-11,20-23H,8-9,12-19H2,2-6H3,(H,31,37)(H,32,36)/t22?,23-/m0/s1. The highest BCUT2D eigenvalue weighted by Gasteiger charge is 2.32. The molecule has 41 heavy (non-hydrogen) atoms. The molecule has 2 aromatic rings. The number of nitrogens with one attached hydrogen (secondary N) is 2. The van der Waals surface area contributed by atoms with Gasteiger partial charge in [-0.1, -0.05) is 5.92 Å². The Kier molecular flexibility index (Phi) is 12.2. The number of hydrogen-bond acceptors (Lipinski definition) is 8. The Bertz CT molecular complexity index is 1160. The van der Waals surface area contributed by atoms with Crippen molar-refractivity contribution < 1.29 is 28.5 Å². The normalized spacial score (nSPS) is 17.0. The fourth-order valence-electron chi connectivity index (χ4n) is 4.54. The van der Waals surface area contributed by atoms with Crippen LogP contribution in [0.1, 0.15) is 76.0 Å². The van der Waals surface area contributed by atoms with Crippen LogP contribution in [0.25, 0.3) is 0 Å². The van der Waals surface area contributed by atoms with E-state index in [1.807, 2.05) is 45.4 Å². The minimum Gasteiger partial charge on any atom is -0.446 e. The number of ether oxygens (including phenoxy) is 4. The summed E-state index contributed by atoms with van der Waals surface area (Å²) in [5.74, 6) is 2.85. The first-order chi connectivity index (χ1) is 19.6. The summed E-state index contributed by atoms with van der Waals surface area (Å²) in [4.78, 5) is 25.3. The summed E-state index contributed by atoms with van der Waals surface area (Å²) in [6.45, 7) is 12.7. The molecular weight excluding hydrogens is 528 g/mol. The van der Waals surface area contributed by atoms with Crippen LogP contribution in [0.3, 0.4) is 0 Å². The zero-order valence-electron chi connectivity index (χ0n) is 24.9. The largest absolute Gasteiger partial charge is 0.446 e. The van der Waals surface area contributed by atoms with Gasteiger partial charge >= 0.3 is 6.09 Å². The average molecular weight is 573 g/mol. The van der Waals surface area contributed by atoms with Crippen molar-refractivity contribution in [2.75, 3.05) is 45.0 Å². The second kappa shape index (κ2) is 15.6. The molecule has 12 nitrogen and oxygen atoms in total. The number of carbonyl (C=O) groups excluding carboxylic acids is 2. The maximum absolute atomic E-state index is 13.3. The summed E-state index contributed by atoms with van der Waals surface area (Å²) in [6.07, 6.45) is 8.48. The number of nitrogens with zero attached hydrogens (tertiary/aromatic N) is 4. The van der Waals surface area contributed by atoms with Crippen LogP contribution in [0.15, 0.2) is 18.3 Å². The molecule has 1 saturated carbocycles. The van der Waals surface area contributed by atoms with Crippen LogP contribution in [0.2, 0.25) is 0 Å². The quantitative estimate of drug-likeness (QED) is 0.245. The van der Waals surface area contributed by atoms with Crippen molar-refractivity contribution in [3.63, 3.8) is 0 Å². The Morgan fingerprint density at radius 2 is 1.83 bits per heavy atom. The number of terminal acetylenes is 1. The molecule has 2 amide bonds. The van der Waals surface area contributed by atoms with Gasteiger partial charge < -0.3 is 29.6 Å². The van der Waals surface area contributed by atoms with E-state index in [0.29, 0.717) is 57.5 Å². The van der Waals surface area contributed by atoms with Gasteiger partial charge in [0.1, 0.15) is 24.2 Å². The lowest BCUT2D eigenvalue weighted by atomic mass is 10.0. The van der Waals surface area contributed by atoms with Gasteiger partial charge in [-0.05, 0) is 59.9 Å². The van der Waals surface area contributed by atoms with Crippen LogP contribution in [0.4, 0.5) is 10.6 Å². The first kappa shape index (κ1) is 32.1. The fourth-order valence-corrected chi connectivity index (χ4v) is 4.54. The highest BCUT2D eigenvalue weighted by atomic mass is 16.6. The predicted molar refractivity (Wildman–Crippen MR) is 154 cm³/mol. The van der Waals surface area contributed by atoms with Gasteiger partial charge in [0.15, 0.2) is 0 Å². The number of anilines is 1. The molecule has 12 heteroatoms. The molecule has 2 atom stereocenters. The molecule has 226 valence electrons. The molecule has 0 spiro atoms. The number of carbonyl (C=O) groups is 2. The van der Waals surface area contributed by atoms with E-state index in [2.05, 4.69) is 21.7 Å². The van der Waals surface area contributed by atoms with E-state index in [0.717, 1.165) is 18.5 Å². The van der Waals surface area contributed by atoms with Crippen molar-refractivity contribution in [1.29, 1.82) is 0 Å². The van der Waals surface area contributed by atoms with E-state index >= 15 is 0 Å². The van der Waals surface area contributed by atoms with E-state index in [-0.39, 0.29) is 36.1 Å². The lowest BCUT2D eigenvalue weighted by Gasteiger charge is -2.22. The molecule has 0 saturated heterocycles. The van der Waals surface area contributed by atoms with E-state index in [4.69, 9.17) is 30.5 Å². The Labute approximate surface area is 242 Å². The third kappa shape index (κ3) is 10.2. The van der Waals surface area contributed by atoms with E-state index in [1.165, 1.54) is 0 Å². The molecule has 0 radical (unpaired) electrons. The Morgan fingerprint density at radius 3 is 2.51 bits per heavy atom. The predicted octanol–water partition coefficient (Wildman–Crippen LogP) is 3.54. The van der Waals surface area contributed by atoms with Gasteiger partial charge in [-0.3, -0.25) is 9.48 Å². The van der Waals surface area contributed by atoms with E-state index in [1.54, 1.807) is 16.9 Å². The molecule has 0 aromatic carbocycles. The average Bonchev–Trinajstić information content (AvgIpc) is 3.64. The van der Waals surface area contributed by atoms with Crippen LogP contribution >= 0.6 is 0 Å². The summed E-state index contributed by atoms with van der Waals surface area (Å²) in [7, 11) is 0. The lowest BCUT2D eigenvalue weighted by Crippen LogP contribution is -2.33. The molecule has 1 aliphatic rings. The summed E-state index contributed by atoms with van der Waals surface area (Å²) in [5, 5.41) is 14.9. The third-order valence-corrected chi connectivity index (χ3v) is 6.41. The molecule has 3 rings (SSSR count). The van der Waals surface area contributed by atoms with E-state index in [9.17, 15) is 9.59 Å². The maximum Gasteiger partial charge on any atom is 0.407 e. The van der Waals surface area contributed by atoms with Gasteiger partial charge in [0, 0.05) is 24.2 Å². The minimum atomic E-state index is -0.392. The van der Waals surface area contributed by atoms with Gasteiger partial charge in [-0.15, -0.1) is 6.42 Å². The molecule has 1 unspecified atom stereocenters. The van der Waals surface area contributed by atoms with Gasteiger partial charge in [0.2, 0.25) is 0 Å². The summed E-state index contributed by atoms with van der Waals surface area (Å²) < 4.78 is 25.2. The molecular formula is C29H44N6O6. The topological polar surface area (TPSA) is 131 Å². The summed E-state index contributed by atoms with van der Waals surface area (Å²) >= 11 is 0. The van der Waals surface area contributed by atoms with Gasteiger partial charge in [0.05, 0.1) is 50.8 Å².